The van der Waals surface area contributed by atoms with Crippen molar-refractivity contribution in [3.63, 3.8) is 0 Å². The fraction of sp³-hybridized carbons (Fsp3) is 0.0800. The van der Waals surface area contributed by atoms with Crippen LogP contribution in [-0.2, 0) is 13.1 Å². The largest absolute Gasteiger partial charge is 0.504 e. The molecule has 10 rings (SSSR count). The minimum absolute atomic E-state index is 0.0365. The average molecular weight is 899 g/mol. The standard InChI is InChI=1S/C25H19FN6O.C13H7F2N3.C12H12FN3/c1-15-11-17(6-9-27-15)23-19(26)12-16(13-30-23)14-31-25-24(33)18(7-10-29-25)20-4-5-21-22(32-20)3-2-8-28-21;14-12-8(5-7-17-13(12)15)9-3-4-10-11(18-9)2-1-6-16-10;1-8-4-10(2-3-15-8)12-11(13)5-9(6-14)7-16-12/h2-13,33H,14H2,1H3,(H,29,31);1-7H;2-5,7H,6,14H2,1H3. The van der Waals surface area contributed by atoms with E-state index in [9.17, 15) is 22.7 Å². The first-order valence-corrected chi connectivity index (χ1v) is 20.6. The van der Waals surface area contributed by atoms with Crippen molar-refractivity contribution >= 4 is 27.9 Å². The molecule has 10 aromatic heterocycles. The summed E-state index contributed by atoms with van der Waals surface area (Å²) in [5.74, 6) is -2.66. The van der Waals surface area contributed by atoms with Gasteiger partial charge >= 0.3 is 0 Å². The molecule has 0 saturated heterocycles. The van der Waals surface area contributed by atoms with Gasteiger partial charge in [-0.3, -0.25) is 29.9 Å². The van der Waals surface area contributed by atoms with Crippen LogP contribution in [-0.4, -0.2) is 54.9 Å². The summed E-state index contributed by atoms with van der Waals surface area (Å²) in [6.07, 6.45) is 12.6. The number of aryl methyl sites for hydroxylation is 2. The van der Waals surface area contributed by atoms with Crippen LogP contribution >= 0.6 is 0 Å². The summed E-state index contributed by atoms with van der Waals surface area (Å²) in [5.41, 5.74) is 14.8. The molecule has 0 amide bonds. The molecule has 0 aliphatic rings. The predicted octanol–water partition coefficient (Wildman–Crippen LogP) is 9.93. The minimum Gasteiger partial charge on any atom is -0.504 e. The van der Waals surface area contributed by atoms with Crippen LogP contribution < -0.4 is 11.1 Å². The lowest BCUT2D eigenvalue weighted by molar-refractivity contribution is 0.476. The Morgan fingerprint density at radius 2 is 1.04 bits per heavy atom. The number of hydrogen-bond acceptors (Lipinski definition) is 13. The Kier molecular flexibility index (Phi) is 13.7. The lowest BCUT2D eigenvalue weighted by Crippen LogP contribution is -2.04. The van der Waals surface area contributed by atoms with Gasteiger partial charge in [-0.15, -0.1) is 0 Å². The molecule has 0 fully saturated rings. The van der Waals surface area contributed by atoms with Crippen LogP contribution in [0.25, 0.3) is 67.1 Å². The topological polar surface area (TPSA) is 187 Å². The Morgan fingerprint density at radius 3 is 1.61 bits per heavy atom. The SMILES string of the molecule is Cc1cc(-c2ncc(CN)cc2F)ccn1.Cc1cc(-c2ncc(CNc3nccc(-c4ccc5ncccc5n4)c3O)cc2F)ccn1.Fc1nccc(-c2ccc3ncccc3n2)c1F. The van der Waals surface area contributed by atoms with Crippen molar-refractivity contribution < 1.29 is 22.7 Å². The molecule has 0 atom stereocenters. The van der Waals surface area contributed by atoms with E-state index in [1.54, 1.807) is 104 Å². The predicted molar refractivity (Wildman–Crippen MR) is 247 cm³/mol. The number of pyridine rings is 10. The first-order chi connectivity index (χ1) is 32.5. The molecular weight excluding hydrogens is 861 g/mol. The quantitative estimate of drug-likeness (QED) is 0.0967. The van der Waals surface area contributed by atoms with Crippen molar-refractivity contribution in [2.45, 2.75) is 26.9 Å². The van der Waals surface area contributed by atoms with Crippen LogP contribution in [0.2, 0.25) is 0 Å². The van der Waals surface area contributed by atoms with Crippen molar-refractivity contribution in [2.24, 2.45) is 5.73 Å². The van der Waals surface area contributed by atoms with Crippen molar-refractivity contribution in [1.82, 2.24) is 49.8 Å². The van der Waals surface area contributed by atoms with Crippen molar-refractivity contribution in [2.75, 3.05) is 5.32 Å². The third kappa shape index (κ3) is 10.6. The molecule has 4 N–H and O–H groups in total. The van der Waals surface area contributed by atoms with Gasteiger partial charge in [0.15, 0.2) is 17.4 Å². The van der Waals surface area contributed by atoms with Gasteiger partial charge in [0.25, 0.3) is 0 Å². The fourth-order valence-corrected chi connectivity index (χ4v) is 6.78. The number of rotatable bonds is 8. The third-order valence-corrected chi connectivity index (χ3v) is 10.1. The lowest BCUT2D eigenvalue weighted by Gasteiger charge is -2.12. The van der Waals surface area contributed by atoms with Gasteiger partial charge in [-0.2, -0.15) is 4.39 Å². The molecule has 67 heavy (non-hydrogen) atoms. The highest BCUT2D eigenvalue weighted by Gasteiger charge is 2.15. The fourth-order valence-electron chi connectivity index (χ4n) is 6.78. The number of aromatic hydroxyl groups is 1. The highest BCUT2D eigenvalue weighted by molar-refractivity contribution is 5.81. The number of hydrogen-bond donors (Lipinski definition) is 3. The second kappa shape index (κ2) is 20.4. The maximum atomic E-state index is 14.7. The molecule has 0 bridgehead atoms. The summed E-state index contributed by atoms with van der Waals surface area (Å²) >= 11 is 0. The first-order valence-electron chi connectivity index (χ1n) is 20.6. The highest BCUT2D eigenvalue weighted by Crippen LogP contribution is 2.34. The number of nitrogens with zero attached hydrogens (tertiary/aromatic N) is 10. The maximum Gasteiger partial charge on any atom is 0.249 e. The van der Waals surface area contributed by atoms with E-state index in [1.807, 2.05) is 32.0 Å². The number of halogens is 4. The second-order valence-corrected chi connectivity index (χ2v) is 14.8. The molecule has 0 unspecified atom stereocenters. The summed E-state index contributed by atoms with van der Waals surface area (Å²) < 4.78 is 55.1. The zero-order valence-electron chi connectivity index (χ0n) is 35.8. The third-order valence-electron chi connectivity index (χ3n) is 10.1. The summed E-state index contributed by atoms with van der Waals surface area (Å²) in [5, 5.41) is 13.8. The molecule has 17 heteroatoms. The molecule has 332 valence electrons. The summed E-state index contributed by atoms with van der Waals surface area (Å²) in [4.78, 5) is 41.2. The van der Waals surface area contributed by atoms with Crippen LogP contribution in [0.4, 0.5) is 23.4 Å². The number of anilines is 1. The van der Waals surface area contributed by atoms with Gasteiger partial charge in [-0.1, -0.05) is 0 Å². The molecule has 13 nitrogen and oxygen atoms in total. The number of aromatic nitrogens is 10. The molecule has 0 saturated carbocycles. The minimum atomic E-state index is -1.12. The molecule has 0 aromatic carbocycles. The van der Waals surface area contributed by atoms with Gasteiger partial charge in [0, 0.05) is 96.3 Å². The molecule has 0 radical (unpaired) electrons. The van der Waals surface area contributed by atoms with Gasteiger partial charge in [0.05, 0.1) is 33.5 Å². The van der Waals surface area contributed by atoms with Crippen LogP contribution in [0, 0.1) is 37.2 Å². The van der Waals surface area contributed by atoms with Gasteiger partial charge < -0.3 is 16.2 Å². The van der Waals surface area contributed by atoms with Crippen LogP contribution in [0.15, 0.2) is 147 Å². The highest BCUT2D eigenvalue weighted by atomic mass is 19.2. The summed E-state index contributed by atoms with van der Waals surface area (Å²) in [6.45, 7) is 4.23. The zero-order valence-corrected chi connectivity index (χ0v) is 35.8. The van der Waals surface area contributed by atoms with Crippen molar-refractivity contribution in [3.8, 4) is 50.8 Å². The van der Waals surface area contributed by atoms with E-state index < -0.39 is 17.6 Å². The van der Waals surface area contributed by atoms with E-state index in [4.69, 9.17) is 5.73 Å². The lowest BCUT2D eigenvalue weighted by atomic mass is 10.1. The van der Waals surface area contributed by atoms with Crippen LogP contribution in [0.5, 0.6) is 5.75 Å². The molecule has 10 heterocycles. The maximum absolute atomic E-state index is 14.7. The van der Waals surface area contributed by atoms with E-state index in [-0.39, 0.29) is 35.2 Å². The van der Waals surface area contributed by atoms with E-state index in [2.05, 4.69) is 55.2 Å². The van der Waals surface area contributed by atoms with Gasteiger partial charge in [0.1, 0.15) is 23.0 Å². The van der Waals surface area contributed by atoms with Crippen molar-refractivity contribution in [3.05, 3.63) is 193 Å². The molecule has 0 aliphatic carbocycles. The van der Waals surface area contributed by atoms with Crippen LogP contribution in [0.3, 0.4) is 0 Å². The average Bonchev–Trinajstić information content (AvgIpc) is 3.34. The first kappa shape index (κ1) is 44.9. The van der Waals surface area contributed by atoms with Crippen molar-refractivity contribution in [1.29, 1.82) is 0 Å². The molecule has 10 aromatic rings. The van der Waals surface area contributed by atoms with Crippen LogP contribution in [0.1, 0.15) is 22.5 Å². The molecule has 0 aliphatic heterocycles. The van der Waals surface area contributed by atoms with Gasteiger partial charge in [-0.25, -0.2) is 33.1 Å². The Morgan fingerprint density at radius 1 is 0.522 bits per heavy atom. The zero-order chi connectivity index (χ0) is 46.9. The van der Waals surface area contributed by atoms with E-state index in [1.165, 1.54) is 24.4 Å². The Labute approximate surface area is 380 Å². The smallest absolute Gasteiger partial charge is 0.249 e. The Balaban J connectivity index is 0.000000150. The van der Waals surface area contributed by atoms with Gasteiger partial charge in [0.2, 0.25) is 5.95 Å². The number of fused-ring (bicyclic) bond motifs is 2. The van der Waals surface area contributed by atoms with E-state index in [0.29, 0.717) is 56.9 Å². The molecular formula is C50H38F4N12O. The second-order valence-electron chi connectivity index (χ2n) is 14.8. The Bertz CT molecular complexity index is 3380. The van der Waals surface area contributed by atoms with E-state index in [0.717, 1.165) is 28.0 Å². The van der Waals surface area contributed by atoms with E-state index >= 15 is 0 Å². The monoisotopic (exact) mass is 898 g/mol. The Hall–Kier alpha value is -8.70. The number of nitrogens with one attached hydrogen (secondary N) is 1. The normalized spacial score (nSPS) is 10.8. The summed E-state index contributed by atoms with van der Waals surface area (Å²) in [7, 11) is 0. The number of nitrogens with two attached hydrogens (primary N) is 1. The summed E-state index contributed by atoms with van der Waals surface area (Å²) in [6, 6.07) is 27.1. The van der Waals surface area contributed by atoms with Gasteiger partial charge in [-0.05, 0) is 122 Å². The molecule has 0 spiro atoms.